The minimum Gasteiger partial charge on any atom is -0.316 e. The molecule has 1 atom stereocenters. The van der Waals surface area contributed by atoms with Gasteiger partial charge in [-0.25, -0.2) is 0 Å². The Bertz CT molecular complexity index is 418. The molecule has 4 aliphatic rings. The number of hydrogen-bond acceptors (Lipinski definition) is 3. The molecule has 0 radical (unpaired) electrons. The molecule has 1 N–H and O–H groups in total. The van der Waals surface area contributed by atoms with E-state index in [4.69, 9.17) is 0 Å². The summed E-state index contributed by atoms with van der Waals surface area (Å²) in [5.41, 5.74) is 0.633. The SMILES string of the molecule is CNC(CSc1cccs1)C12CC3CC(CC(C3)C1)C2. The van der Waals surface area contributed by atoms with Crippen molar-refractivity contribution >= 4 is 23.1 Å². The van der Waals surface area contributed by atoms with Crippen LogP contribution in [0.2, 0.25) is 0 Å². The van der Waals surface area contributed by atoms with E-state index in [1.165, 1.54) is 29.2 Å². The lowest BCUT2D eigenvalue weighted by atomic mass is 9.48. The maximum atomic E-state index is 3.71. The van der Waals surface area contributed by atoms with Crippen molar-refractivity contribution in [1.29, 1.82) is 0 Å². The number of thiophene rings is 1. The summed E-state index contributed by atoms with van der Waals surface area (Å²) in [5, 5.41) is 5.90. The van der Waals surface area contributed by atoms with Crippen molar-refractivity contribution in [3.8, 4) is 0 Å². The van der Waals surface area contributed by atoms with Gasteiger partial charge in [-0.3, -0.25) is 0 Å². The van der Waals surface area contributed by atoms with Gasteiger partial charge in [-0.1, -0.05) is 6.07 Å². The van der Waals surface area contributed by atoms with Crippen LogP contribution in [0.1, 0.15) is 38.5 Å². The molecule has 1 aromatic rings. The van der Waals surface area contributed by atoms with Crippen LogP contribution in [0.25, 0.3) is 0 Å². The molecule has 20 heavy (non-hydrogen) atoms. The van der Waals surface area contributed by atoms with E-state index < -0.39 is 0 Å². The monoisotopic (exact) mass is 307 g/mol. The third-order valence-corrected chi connectivity index (χ3v) is 8.29. The van der Waals surface area contributed by atoms with E-state index in [2.05, 4.69) is 41.6 Å². The van der Waals surface area contributed by atoms with Crippen LogP contribution >= 0.6 is 23.1 Å². The zero-order valence-electron chi connectivity index (χ0n) is 12.3. The van der Waals surface area contributed by atoms with E-state index in [9.17, 15) is 0 Å². The van der Waals surface area contributed by atoms with Crippen molar-refractivity contribution in [3.05, 3.63) is 17.5 Å². The number of nitrogens with one attached hydrogen (secondary N) is 1. The second-order valence-electron chi connectivity index (χ2n) is 7.36. The summed E-state index contributed by atoms with van der Waals surface area (Å²) in [6.45, 7) is 0. The molecule has 4 saturated carbocycles. The van der Waals surface area contributed by atoms with Crippen molar-refractivity contribution in [2.75, 3.05) is 12.8 Å². The minimum absolute atomic E-state index is 0.633. The molecule has 0 amide bonds. The molecule has 3 heteroatoms. The molecular formula is C17H25NS2. The van der Waals surface area contributed by atoms with Crippen LogP contribution in [-0.2, 0) is 0 Å². The quantitative estimate of drug-likeness (QED) is 0.795. The normalized spacial score (nSPS) is 40.1. The highest BCUT2D eigenvalue weighted by Gasteiger charge is 2.53. The van der Waals surface area contributed by atoms with E-state index >= 15 is 0 Å². The minimum atomic E-state index is 0.633. The summed E-state index contributed by atoms with van der Waals surface area (Å²) in [4.78, 5) is 0. The summed E-state index contributed by atoms with van der Waals surface area (Å²) < 4.78 is 1.48. The first-order valence-corrected chi connectivity index (χ1v) is 9.97. The van der Waals surface area contributed by atoms with E-state index in [1.54, 1.807) is 19.3 Å². The van der Waals surface area contributed by atoms with E-state index in [0.29, 0.717) is 11.5 Å². The van der Waals surface area contributed by atoms with Gasteiger partial charge < -0.3 is 5.32 Å². The van der Waals surface area contributed by atoms with Crippen molar-refractivity contribution in [2.24, 2.45) is 23.2 Å². The fraction of sp³-hybridized carbons (Fsp3) is 0.765. The molecule has 0 saturated heterocycles. The number of rotatable bonds is 5. The van der Waals surface area contributed by atoms with Gasteiger partial charge in [-0.15, -0.1) is 23.1 Å². The Hall–Kier alpha value is 0.01000. The lowest BCUT2D eigenvalue weighted by Crippen LogP contribution is -2.56. The molecular weight excluding hydrogens is 282 g/mol. The molecule has 0 aromatic carbocycles. The molecule has 0 spiro atoms. The molecule has 1 heterocycles. The van der Waals surface area contributed by atoms with Crippen LogP contribution in [0.3, 0.4) is 0 Å². The van der Waals surface area contributed by atoms with Gasteiger partial charge in [0.05, 0.1) is 4.21 Å². The highest BCUT2D eigenvalue weighted by molar-refractivity contribution is 8.01. The maximum absolute atomic E-state index is 3.71. The molecule has 1 aromatic heterocycles. The van der Waals surface area contributed by atoms with Gasteiger partial charge in [0.1, 0.15) is 0 Å². The molecule has 0 aliphatic heterocycles. The second-order valence-corrected chi connectivity index (χ2v) is 9.63. The summed E-state index contributed by atoms with van der Waals surface area (Å²) in [6, 6.07) is 5.15. The van der Waals surface area contributed by atoms with E-state index in [-0.39, 0.29) is 0 Å². The molecule has 1 nitrogen and oxygen atoms in total. The predicted octanol–water partition coefficient (Wildman–Crippen LogP) is 4.64. The average molecular weight is 308 g/mol. The predicted molar refractivity (Wildman–Crippen MR) is 88.5 cm³/mol. The number of hydrogen-bond donors (Lipinski definition) is 1. The molecule has 5 rings (SSSR count). The van der Waals surface area contributed by atoms with Crippen LogP contribution in [-0.4, -0.2) is 18.8 Å². The van der Waals surface area contributed by atoms with Crippen molar-refractivity contribution in [1.82, 2.24) is 5.32 Å². The van der Waals surface area contributed by atoms with Gasteiger partial charge in [0.25, 0.3) is 0 Å². The average Bonchev–Trinajstić information content (AvgIpc) is 2.90. The highest BCUT2D eigenvalue weighted by Crippen LogP contribution is 2.61. The maximum Gasteiger partial charge on any atom is 0.0599 e. The topological polar surface area (TPSA) is 12.0 Å². The summed E-state index contributed by atoms with van der Waals surface area (Å²) >= 11 is 3.95. The second kappa shape index (κ2) is 5.33. The van der Waals surface area contributed by atoms with Crippen LogP contribution in [0, 0.1) is 23.2 Å². The number of thioether (sulfide) groups is 1. The summed E-state index contributed by atoms with van der Waals surface area (Å²) in [7, 11) is 2.19. The van der Waals surface area contributed by atoms with Gasteiger partial charge in [0.15, 0.2) is 0 Å². The van der Waals surface area contributed by atoms with Crippen LogP contribution in [0.4, 0.5) is 0 Å². The van der Waals surface area contributed by atoms with Gasteiger partial charge >= 0.3 is 0 Å². The van der Waals surface area contributed by atoms with E-state index in [1.807, 2.05) is 11.3 Å². The first-order chi connectivity index (χ1) is 9.77. The lowest BCUT2D eigenvalue weighted by molar-refractivity contribution is -0.0682. The van der Waals surface area contributed by atoms with Crippen LogP contribution in [0.15, 0.2) is 21.7 Å². The van der Waals surface area contributed by atoms with Gasteiger partial charge in [0.2, 0.25) is 0 Å². The fourth-order valence-corrected chi connectivity index (χ4v) is 7.80. The largest absolute Gasteiger partial charge is 0.316 e. The Kier molecular flexibility index (Phi) is 3.64. The van der Waals surface area contributed by atoms with E-state index in [0.717, 1.165) is 17.8 Å². The Balaban J connectivity index is 1.49. The van der Waals surface area contributed by atoms with Crippen molar-refractivity contribution in [2.45, 2.75) is 48.8 Å². The van der Waals surface area contributed by atoms with Crippen molar-refractivity contribution in [3.63, 3.8) is 0 Å². The molecule has 4 bridgehead atoms. The van der Waals surface area contributed by atoms with Gasteiger partial charge in [0, 0.05) is 11.8 Å². The van der Waals surface area contributed by atoms with Crippen LogP contribution in [0.5, 0.6) is 0 Å². The zero-order chi connectivity index (χ0) is 13.6. The Morgan fingerprint density at radius 1 is 1.25 bits per heavy atom. The Labute approximate surface area is 130 Å². The summed E-state index contributed by atoms with van der Waals surface area (Å²) in [6.07, 6.45) is 9.18. The van der Waals surface area contributed by atoms with Gasteiger partial charge in [-0.05, 0) is 80.2 Å². The Morgan fingerprint density at radius 3 is 2.40 bits per heavy atom. The highest BCUT2D eigenvalue weighted by atomic mass is 32.2. The fourth-order valence-electron chi connectivity index (χ4n) is 5.68. The molecule has 4 aliphatic carbocycles. The van der Waals surface area contributed by atoms with Gasteiger partial charge in [-0.2, -0.15) is 0 Å². The first kappa shape index (κ1) is 13.7. The summed E-state index contributed by atoms with van der Waals surface area (Å²) in [5.74, 6) is 4.43. The molecule has 110 valence electrons. The zero-order valence-corrected chi connectivity index (χ0v) is 13.9. The lowest BCUT2D eigenvalue weighted by Gasteiger charge is -2.59. The third kappa shape index (κ3) is 2.36. The molecule has 4 fully saturated rings. The van der Waals surface area contributed by atoms with Crippen molar-refractivity contribution < 1.29 is 0 Å². The smallest absolute Gasteiger partial charge is 0.0599 e. The third-order valence-electron chi connectivity index (χ3n) is 6.06. The Morgan fingerprint density at radius 2 is 1.90 bits per heavy atom. The van der Waals surface area contributed by atoms with Crippen LogP contribution < -0.4 is 5.32 Å². The standard InChI is InChI=1S/C17H25NS2/c1-18-15(11-20-16-3-2-4-19-16)17-8-12-5-13(9-17)7-14(6-12)10-17/h2-4,12-15,18H,5-11H2,1H3. The first-order valence-electron chi connectivity index (χ1n) is 8.11. The molecule has 1 unspecified atom stereocenters.